The number of nitrogens with one attached hydrogen (secondary N) is 1. The first kappa shape index (κ1) is 17.2. The quantitative estimate of drug-likeness (QED) is 0.648. The van der Waals surface area contributed by atoms with E-state index in [1.54, 1.807) is 0 Å². The number of hydrogen-bond acceptors (Lipinski definition) is 5. The highest BCUT2D eigenvalue weighted by molar-refractivity contribution is 8.03. The Morgan fingerprint density at radius 2 is 1.35 bits per heavy atom. The van der Waals surface area contributed by atoms with E-state index in [0.29, 0.717) is 0 Å². The number of nitrogens with zero attached hydrogens (tertiary/aromatic N) is 4. The van der Waals surface area contributed by atoms with Gasteiger partial charge in [0, 0.05) is 66.1 Å². The zero-order valence-corrected chi connectivity index (χ0v) is 16.0. The van der Waals surface area contributed by atoms with Crippen molar-refractivity contribution >= 4 is 30.3 Å². The van der Waals surface area contributed by atoms with Crippen LogP contribution < -0.4 is 5.32 Å². The van der Waals surface area contributed by atoms with Gasteiger partial charge in [0.05, 0.1) is 0 Å². The van der Waals surface area contributed by atoms with Crippen LogP contribution in [0.2, 0.25) is 0 Å². The molecule has 3 heterocycles. The molecule has 0 radical (unpaired) electrons. The molecule has 2 bridgehead atoms. The SMILES string of the molecule is CN1CCN2CCN(C)[P+]1(C(=S)Nc1ccccc1)N(C)CC2. The minimum atomic E-state index is -1.86. The zero-order chi connectivity index (χ0) is 16.4. The first-order chi connectivity index (χ1) is 11.0. The highest BCUT2D eigenvalue weighted by atomic mass is 32.1. The summed E-state index contributed by atoms with van der Waals surface area (Å²) >= 11 is 5.99. The third-order valence-electron chi connectivity index (χ3n) is 4.95. The molecule has 3 aliphatic rings. The van der Waals surface area contributed by atoms with E-state index in [2.05, 4.69) is 57.5 Å². The molecule has 4 rings (SSSR count). The summed E-state index contributed by atoms with van der Waals surface area (Å²) in [6.45, 7) is 6.56. The molecule has 0 aromatic heterocycles. The summed E-state index contributed by atoms with van der Waals surface area (Å²) in [5.41, 5.74) is 1.08. The molecule has 0 saturated carbocycles. The predicted molar refractivity (Wildman–Crippen MR) is 104 cm³/mol. The molecule has 126 valence electrons. The van der Waals surface area contributed by atoms with Crippen LogP contribution in [0.5, 0.6) is 0 Å². The molecule has 3 aliphatic heterocycles. The summed E-state index contributed by atoms with van der Waals surface area (Å²) in [6, 6.07) is 10.3. The number of likely N-dealkylation sites (N-methyl/N-ethyl adjacent to an activating group) is 3. The molecule has 0 aliphatic carbocycles. The molecule has 5 nitrogen and oxygen atoms in total. The van der Waals surface area contributed by atoms with E-state index in [9.17, 15) is 0 Å². The van der Waals surface area contributed by atoms with Crippen molar-refractivity contribution in [1.29, 1.82) is 0 Å². The molecule has 3 fully saturated rings. The monoisotopic (exact) mass is 352 g/mol. The van der Waals surface area contributed by atoms with Crippen molar-refractivity contribution in [3.63, 3.8) is 0 Å². The Morgan fingerprint density at radius 1 is 0.870 bits per heavy atom. The summed E-state index contributed by atoms with van der Waals surface area (Å²) in [5.74, 6) is 0. The van der Waals surface area contributed by atoms with E-state index in [1.165, 1.54) is 0 Å². The molecule has 1 aromatic rings. The molecule has 3 saturated heterocycles. The number of thiocarbonyl (C=S) groups is 1. The lowest BCUT2D eigenvalue weighted by molar-refractivity contribution is 0.186. The third kappa shape index (κ3) is 3.16. The molecule has 0 spiro atoms. The van der Waals surface area contributed by atoms with E-state index in [1.807, 2.05) is 18.2 Å². The normalized spacial score (nSPS) is 30.5. The van der Waals surface area contributed by atoms with Gasteiger partial charge in [-0.05, 0) is 24.4 Å². The van der Waals surface area contributed by atoms with Crippen LogP contribution in [0.3, 0.4) is 0 Å². The van der Waals surface area contributed by atoms with E-state index in [0.717, 1.165) is 49.7 Å². The van der Waals surface area contributed by atoms with Crippen LogP contribution >= 0.6 is 19.9 Å². The maximum absolute atomic E-state index is 5.99. The average Bonchev–Trinajstić information content (AvgIpc) is 2.52. The van der Waals surface area contributed by atoms with Crippen LogP contribution in [-0.2, 0) is 0 Å². The summed E-state index contributed by atoms with van der Waals surface area (Å²) in [6.07, 6.45) is 0. The summed E-state index contributed by atoms with van der Waals surface area (Å²) < 4.78 is 8.45. The van der Waals surface area contributed by atoms with Gasteiger partial charge in [-0.15, -0.1) is 14.0 Å². The first-order valence-electron chi connectivity index (χ1n) is 8.18. The smallest absolute Gasteiger partial charge is 0.291 e. The molecule has 1 N–H and O–H groups in total. The van der Waals surface area contributed by atoms with Crippen LogP contribution in [0, 0.1) is 0 Å². The highest BCUT2D eigenvalue weighted by Gasteiger charge is 2.58. The van der Waals surface area contributed by atoms with E-state index in [4.69, 9.17) is 12.2 Å². The molecular weight excluding hydrogens is 325 g/mol. The van der Waals surface area contributed by atoms with Gasteiger partial charge in [-0.1, -0.05) is 18.2 Å². The Morgan fingerprint density at radius 3 is 1.83 bits per heavy atom. The fourth-order valence-electron chi connectivity index (χ4n) is 3.58. The second-order valence-electron chi connectivity index (χ2n) is 6.35. The molecule has 0 unspecified atom stereocenters. The van der Waals surface area contributed by atoms with Crippen LogP contribution in [0.25, 0.3) is 0 Å². The number of fused-ring (bicyclic) bond motifs is 6. The standard InChI is InChI=1S/C16H26N5PS/c1-18-9-12-21-13-10-19(2)22(18,20(3)11-14-21)16(23)17-15-7-5-4-6-8-15/h4-8H,9-14H2,1-3H3/p+1. The Labute approximate surface area is 145 Å². The average molecular weight is 352 g/mol. The lowest BCUT2D eigenvalue weighted by Crippen LogP contribution is -2.56. The molecular formula is C16H27N5PS+. The first-order valence-corrected chi connectivity index (χ1v) is 10.2. The van der Waals surface area contributed by atoms with E-state index < -0.39 is 7.71 Å². The van der Waals surface area contributed by atoms with Crippen molar-refractivity contribution in [3.05, 3.63) is 30.3 Å². The van der Waals surface area contributed by atoms with Gasteiger partial charge in [-0.2, -0.15) is 0 Å². The lowest BCUT2D eigenvalue weighted by atomic mass is 10.3. The lowest BCUT2D eigenvalue weighted by Gasteiger charge is -2.48. The van der Waals surface area contributed by atoms with Gasteiger partial charge in [0.25, 0.3) is 12.4 Å². The molecule has 7 heteroatoms. The fraction of sp³-hybridized carbons (Fsp3) is 0.562. The summed E-state index contributed by atoms with van der Waals surface area (Å²) in [4.78, 5) is 2.56. The Bertz CT molecular complexity index is 519. The van der Waals surface area contributed by atoms with Crippen molar-refractivity contribution < 1.29 is 0 Å². The van der Waals surface area contributed by atoms with Crippen LogP contribution in [0.1, 0.15) is 0 Å². The Balaban J connectivity index is 1.95. The Kier molecular flexibility index (Phi) is 5.31. The minimum absolute atomic E-state index is 0.964. The number of anilines is 1. The van der Waals surface area contributed by atoms with Gasteiger partial charge in [0.2, 0.25) is 0 Å². The maximum atomic E-state index is 5.99. The van der Waals surface area contributed by atoms with Gasteiger partial charge in [0.1, 0.15) is 0 Å². The van der Waals surface area contributed by atoms with Crippen molar-refractivity contribution in [2.45, 2.75) is 0 Å². The van der Waals surface area contributed by atoms with Crippen molar-refractivity contribution in [1.82, 2.24) is 18.9 Å². The van der Waals surface area contributed by atoms with Crippen molar-refractivity contribution in [2.75, 3.05) is 65.7 Å². The van der Waals surface area contributed by atoms with Gasteiger partial charge in [0.15, 0.2) is 0 Å². The highest BCUT2D eigenvalue weighted by Crippen LogP contribution is 2.67. The van der Waals surface area contributed by atoms with Crippen LogP contribution in [0.15, 0.2) is 30.3 Å². The number of benzene rings is 1. The van der Waals surface area contributed by atoms with Crippen LogP contribution in [-0.4, -0.2) is 84.1 Å². The molecule has 0 atom stereocenters. The third-order valence-corrected chi connectivity index (χ3v) is 9.90. The number of hydrogen-bond donors (Lipinski definition) is 1. The van der Waals surface area contributed by atoms with E-state index >= 15 is 0 Å². The van der Waals surface area contributed by atoms with Gasteiger partial charge in [-0.25, -0.2) is 0 Å². The second kappa shape index (κ2) is 7.09. The van der Waals surface area contributed by atoms with Crippen molar-refractivity contribution in [3.8, 4) is 0 Å². The number of rotatable bonds is 2. The van der Waals surface area contributed by atoms with Gasteiger partial charge in [-0.3, -0.25) is 4.90 Å². The molecule has 0 amide bonds. The minimum Gasteiger partial charge on any atom is -0.313 e. The zero-order valence-electron chi connectivity index (χ0n) is 14.3. The van der Waals surface area contributed by atoms with Gasteiger partial charge >= 0.3 is 0 Å². The van der Waals surface area contributed by atoms with Crippen LogP contribution in [0.4, 0.5) is 5.69 Å². The number of para-hydroxylation sites is 1. The predicted octanol–water partition coefficient (Wildman–Crippen LogP) is 2.27. The summed E-state index contributed by atoms with van der Waals surface area (Å²) in [5, 5.41) is 3.54. The topological polar surface area (TPSA) is 25.0 Å². The largest absolute Gasteiger partial charge is 0.313 e. The van der Waals surface area contributed by atoms with Crippen molar-refractivity contribution in [2.24, 2.45) is 0 Å². The molecule has 1 aromatic carbocycles. The van der Waals surface area contributed by atoms with Gasteiger partial charge < -0.3 is 5.32 Å². The second-order valence-corrected chi connectivity index (χ2v) is 10.7. The summed E-state index contributed by atoms with van der Waals surface area (Å²) in [7, 11) is 4.83. The molecule has 23 heavy (non-hydrogen) atoms. The fourth-order valence-corrected chi connectivity index (χ4v) is 8.83. The maximum Gasteiger partial charge on any atom is 0.291 e. The Hall–Kier alpha value is -0.620. The van der Waals surface area contributed by atoms with E-state index in [-0.39, 0.29) is 0 Å².